The van der Waals surface area contributed by atoms with E-state index in [0.717, 1.165) is 17.8 Å². The van der Waals surface area contributed by atoms with Crippen LogP contribution in [-0.2, 0) is 16.6 Å². The monoisotopic (exact) mass is 300 g/mol. The Labute approximate surface area is 116 Å². The summed E-state index contributed by atoms with van der Waals surface area (Å²) >= 11 is 1.03. The number of halogens is 1. The summed E-state index contributed by atoms with van der Waals surface area (Å²) in [6.07, 6.45) is 0.750. The lowest BCUT2D eigenvalue weighted by atomic mass is 10.1. The molecule has 0 radical (unpaired) electrons. The summed E-state index contributed by atoms with van der Waals surface area (Å²) in [7, 11) is -1.16. The Morgan fingerprint density at radius 3 is 2.84 bits per heavy atom. The first-order valence-electron chi connectivity index (χ1n) is 5.82. The molecule has 1 aromatic heterocycles. The van der Waals surface area contributed by atoms with Crippen LogP contribution >= 0.6 is 11.3 Å². The van der Waals surface area contributed by atoms with Crippen molar-refractivity contribution in [3.63, 3.8) is 0 Å². The molecular formula is C13H13FO3S2. The van der Waals surface area contributed by atoms with Gasteiger partial charge in [-0.1, -0.05) is 13.0 Å². The fourth-order valence-electron chi connectivity index (χ4n) is 1.94. The SMILES string of the molecule is CCCS(=O)Cc1c(C(=O)O)sc2cccc(F)c12. The van der Waals surface area contributed by atoms with Crippen molar-refractivity contribution in [2.45, 2.75) is 19.1 Å². The van der Waals surface area contributed by atoms with Gasteiger partial charge in [0.2, 0.25) is 0 Å². The maximum absolute atomic E-state index is 13.9. The first kappa shape index (κ1) is 14.1. The van der Waals surface area contributed by atoms with Gasteiger partial charge in [0.05, 0.1) is 5.75 Å². The average molecular weight is 300 g/mol. The number of carboxylic acid groups (broad SMARTS) is 1. The molecule has 102 valence electrons. The smallest absolute Gasteiger partial charge is 0.346 e. The molecule has 19 heavy (non-hydrogen) atoms. The van der Waals surface area contributed by atoms with Crippen LogP contribution in [0.25, 0.3) is 10.1 Å². The molecule has 0 amide bonds. The number of thiophene rings is 1. The summed E-state index contributed by atoms with van der Waals surface area (Å²) in [4.78, 5) is 11.3. The Morgan fingerprint density at radius 1 is 1.47 bits per heavy atom. The fraction of sp³-hybridized carbons (Fsp3) is 0.308. The average Bonchev–Trinajstić information content (AvgIpc) is 2.70. The normalized spacial score (nSPS) is 12.7. The van der Waals surface area contributed by atoms with Crippen molar-refractivity contribution in [3.8, 4) is 0 Å². The van der Waals surface area contributed by atoms with Crippen LogP contribution in [0.3, 0.4) is 0 Å². The zero-order valence-corrected chi connectivity index (χ0v) is 11.9. The van der Waals surface area contributed by atoms with Crippen molar-refractivity contribution in [1.82, 2.24) is 0 Å². The van der Waals surface area contributed by atoms with E-state index in [1.165, 1.54) is 6.07 Å². The highest BCUT2D eigenvalue weighted by atomic mass is 32.2. The van der Waals surface area contributed by atoms with Gasteiger partial charge in [0.25, 0.3) is 0 Å². The van der Waals surface area contributed by atoms with Crippen LogP contribution in [0.2, 0.25) is 0 Å². The number of benzene rings is 1. The largest absolute Gasteiger partial charge is 0.477 e. The molecule has 1 aromatic carbocycles. The van der Waals surface area contributed by atoms with E-state index in [-0.39, 0.29) is 10.6 Å². The lowest BCUT2D eigenvalue weighted by Crippen LogP contribution is -2.04. The van der Waals surface area contributed by atoms with Crippen molar-refractivity contribution < 1.29 is 18.5 Å². The summed E-state index contributed by atoms with van der Waals surface area (Å²) in [5.74, 6) is -0.963. The molecule has 0 aliphatic carbocycles. The van der Waals surface area contributed by atoms with Crippen molar-refractivity contribution in [2.75, 3.05) is 5.75 Å². The highest BCUT2D eigenvalue weighted by Gasteiger charge is 2.21. The van der Waals surface area contributed by atoms with E-state index in [0.29, 0.717) is 21.4 Å². The molecular weight excluding hydrogens is 287 g/mol. The predicted molar refractivity (Wildman–Crippen MR) is 75.7 cm³/mol. The molecule has 0 saturated carbocycles. The molecule has 2 rings (SSSR count). The quantitative estimate of drug-likeness (QED) is 0.920. The van der Waals surface area contributed by atoms with E-state index >= 15 is 0 Å². The molecule has 0 bridgehead atoms. The van der Waals surface area contributed by atoms with Gasteiger partial charge in [-0.15, -0.1) is 11.3 Å². The minimum Gasteiger partial charge on any atom is -0.477 e. The Balaban J connectivity index is 2.58. The van der Waals surface area contributed by atoms with Crippen molar-refractivity contribution in [1.29, 1.82) is 0 Å². The second-order valence-electron chi connectivity index (χ2n) is 4.12. The maximum atomic E-state index is 13.9. The third kappa shape index (κ3) is 2.84. The number of fused-ring (bicyclic) bond motifs is 1. The number of aromatic carboxylic acids is 1. The molecule has 0 aliphatic heterocycles. The molecule has 0 aliphatic rings. The van der Waals surface area contributed by atoms with E-state index in [4.69, 9.17) is 0 Å². The van der Waals surface area contributed by atoms with E-state index in [1.54, 1.807) is 12.1 Å². The van der Waals surface area contributed by atoms with E-state index in [1.807, 2.05) is 6.92 Å². The summed E-state index contributed by atoms with van der Waals surface area (Å²) in [5.41, 5.74) is 0.359. The summed E-state index contributed by atoms with van der Waals surface area (Å²) in [6.45, 7) is 1.91. The van der Waals surface area contributed by atoms with E-state index < -0.39 is 22.6 Å². The zero-order valence-electron chi connectivity index (χ0n) is 10.3. The molecule has 3 nitrogen and oxygen atoms in total. The first-order chi connectivity index (χ1) is 9.04. The Hall–Kier alpha value is -1.27. The zero-order chi connectivity index (χ0) is 14.0. The molecule has 0 saturated heterocycles. The number of rotatable bonds is 5. The number of carboxylic acids is 1. The Morgan fingerprint density at radius 2 is 2.21 bits per heavy atom. The lowest BCUT2D eigenvalue weighted by molar-refractivity contribution is 0.0701. The van der Waals surface area contributed by atoms with Gasteiger partial charge >= 0.3 is 5.97 Å². The minimum absolute atomic E-state index is 0.0875. The standard InChI is InChI=1S/C13H13FO3S2/c1-2-6-19(17)7-8-11-9(14)4-3-5-10(11)18-12(8)13(15)16/h3-5H,2,6-7H2,1H3,(H,15,16). The molecule has 1 atom stereocenters. The van der Waals surface area contributed by atoms with Crippen LogP contribution in [0.1, 0.15) is 28.6 Å². The van der Waals surface area contributed by atoms with Gasteiger partial charge in [-0.05, 0) is 18.6 Å². The fourth-order valence-corrected chi connectivity index (χ4v) is 4.31. The van der Waals surface area contributed by atoms with E-state index in [2.05, 4.69) is 0 Å². The van der Waals surface area contributed by atoms with Crippen LogP contribution in [0, 0.1) is 5.82 Å². The first-order valence-corrected chi connectivity index (χ1v) is 8.13. The van der Waals surface area contributed by atoms with Gasteiger partial charge in [0.1, 0.15) is 10.7 Å². The predicted octanol–water partition coefficient (Wildman–Crippen LogP) is 3.40. The van der Waals surface area contributed by atoms with Gasteiger partial charge in [-0.3, -0.25) is 4.21 Å². The second-order valence-corrected chi connectivity index (χ2v) is 6.74. The lowest BCUT2D eigenvalue weighted by Gasteiger charge is -2.02. The molecule has 0 fully saturated rings. The second kappa shape index (κ2) is 5.79. The van der Waals surface area contributed by atoms with Crippen LogP contribution in [0.4, 0.5) is 4.39 Å². The third-order valence-corrected chi connectivity index (χ3v) is 5.35. The van der Waals surface area contributed by atoms with Crippen LogP contribution in [-0.4, -0.2) is 21.0 Å². The topological polar surface area (TPSA) is 54.4 Å². The minimum atomic E-state index is -1.16. The van der Waals surface area contributed by atoms with E-state index in [9.17, 15) is 18.5 Å². The molecule has 6 heteroatoms. The maximum Gasteiger partial charge on any atom is 0.346 e. The Bertz CT molecular complexity index is 649. The number of hydrogen-bond acceptors (Lipinski definition) is 3. The molecule has 1 N–H and O–H groups in total. The van der Waals surface area contributed by atoms with Crippen molar-refractivity contribution in [3.05, 3.63) is 34.5 Å². The summed E-state index contributed by atoms with van der Waals surface area (Å²) in [6, 6.07) is 4.53. The highest BCUT2D eigenvalue weighted by molar-refractivity contribution is 7.84. The van der Waals surface area contributed by atoms with Gasteiger partial charge in [0.15, 0.2) is 0 Å². The highest BCUT2D eigenvalue weighted by Crippen LogP contribution is 2.34. The van der Waals surface area contributed by atoms with Gasteiger partial charge in [-0.25, -0.2) is 9.18 Å². The van der Waals surface area contributed by atoms with Gasteiger partial charge in [-0.2, -0.15) is 0 Å². The molecule has 0 spiro atoms. The third-order valence-electron chi connectivity index (χ3n) is 2.69. The molecule has 2 aromatic rings. The summed E-state index contributed by atoms with van der Waals surface area (Å²) in [5, 5.41) is 9.49. The van der Waals surface area contributed by atoms with Crippen molar-refractivity contribution in [2.24, 2.45) is 0 Å². The van der Waals surface area contributed by atoms with Gasteiger partial charge < -0.3 is 5.11 Å². The number of carbonyl (C=O) groups is 1. The van der Waals surface area contributed by atoms with Crippen molar-refractivity contribution >= 4 is 38.2 Å². The molecule has 1 unspecified atom stereocenters. The van der Waals surface area contributed by atoms with Crippen LogP contribution in [0.15, 0.2) is 18.2 Å². The van der Waals surface area contributed by atoms with Gasteiger partial charge in [0, 0.05) is 32.2 Å². The molecule has 1 heterocycles. The Kier molecular flexibility index (Phi) is 4.31. The van der Waals surface area contributed by atoms with Crippen LogP contribution in [0.5, 0.6) is 0 Å². The number of hydrogen-bond donors (Lipinski definition) is 1. The van der Waals surface area contributed by atoms with Crippen LogP contribution < -0.4 is 0 Å². The summed E-state index contributed by atoms with van der Waals surface area (Å²) < 4.78 is 26.3.